The molecule has 4 aliphatic heterocycles. The van der Waals surface area contributed by atoms with Gasteiger partial charge in [-0.2, -0.15) is 13.2 Å². The van der Waals surface area contributed by atoms with Crippen LogP contribution in [0.1, 0.15) is 59.2 Å². The van der Waals surface area contributed by atoms with Gasteiger partial charge in [-0.3, -0.25) is 9.69 Å². The number of anilines is 3. The van der Waals surface area contributed by atoms with Crippen molar-refractivity contribution in [1.82, 2.24) is 19.6 Å². The second-order valence-electron chi connectivity index (χ2n) is 15.9. The van der Waals surface area contributed by atoms with Crippen LogP contribution in [0.3, 0.4) is 0 Å². The zero-order chi connectivity index (χ0) is 43.3. The van der Waals surface area contributed by atoms with Crippen LogP contribution in [0.2, 0.25) is 5.02 Å². The van der Waals surface area contributed by atoms with Gasteiger partial charge in [-0.25, -0.2) is 14.4 Å². The summed E-state index contributed by atoms with van der Waals surface area (Å²) in [5, 5.41) is 12.6. The van der Waals surface area contributed by atoms with Crippen molar-refractivity contribution >= 4 is 52.7 Å². The first kappa shape index (κ1) is 43.8. The maximum absolute atomic E-state index is 14.2. The zero-order valence-corrected chi connectivity index (χ0v) is 34.5. The minimum Gasteiger partial charge on any atom is -0.462 e. The molecule has 328 valence electrons. The fraction of sp³-hybridized carbons (Fsp3) is 0.488. The van der Waals surface area contributed by atoms with E-state index in [2.05, 4.69) is 5.32 Å². The van der Waals surface area contributed by atoms with Crippen LogP contribution in [0.5, 0.6) is 0 Å². The number of piperidine rings is 1. The van der Waals surface area contributed by atoms with E-state index in [0.717, 1.165) is 42.4 Å². The van der Waals surface area contributed by atoms with Crippen LogP contribution < -0.4 is 16.0 Å². The van der Waals surface area contributed by atoms with E-state index in [1.165, 1.54) is 15.9 Å². The molecule has 14 nitrogen and oxygen atoms in total. The number of ether oxygens (including phenoxy) is 2. The van der Waals surface area contributed by atoms with E-state index in [9.17, 15) is 37.5 Å². The fourth-order valence-corrected chi connectivity index (χ4v) is 8.74. The number of nitrogens with one attached hydrogen (secondary N) is 1. The predicted molar refractivity (Wildman–Crippen MR) is 222 cm³/mol. The van der Waals surface area contributed by atoms with E-state index in [1.807, 2.05) is 34.1 Å². The van der Waals surface area contributed by atoms with Gasteiger partial charge in [-0.1, -0.05) is 29.8 Å². The average molecular weight is 870 g/mol. The Morgan fingerprint density at radius 1 is 0.918 bits per heavy atom. The molecule has 0 saturated carbocycles. The van der Waals surface area contributed by atoms with Gasteiger partial charge in [0.15, 0.2) is 6.10 Å². The van der Waals surface area contributed by atoms with E-state index in [-0.39, 0.29) is 61.9 Å². The molecule has 4 amide bonds. The molecule has 0 bridgehead atoms. The molecule has 0 spiro atoms. The van der Waals surface area contributed by atoms with E-state index in [0.29, 0.717) is 57.4 Å². The van der Waals surface area contributed by atoms with Crippen molar-refractivity contribution in [3.8, 4) is 0 Å². The molecule has 61 heavy (non-hydrogen) atoms. The number of piperazine rings is 1. The number of carbonyl (C=O) groups is 4. The molecule has 1 unspecified atom stereocenters. The van der Waals surface area contributed by atoms with Gasteiger partial charge in [0, 0.05) is 82.7 Å². The summed E-state index contributed by atoms with van der Waals surface area (Å²) in [5.74, 6) is -1.02. The number of benzene rings is 3. The molecule has 7 rings (SSSR count). The first-order valence-corrected chi connectivity index (χ1v) is 21.1. The number of para-hydroxylation sites is 1. The molecular formula is C43H51ClF3N7O7. The van der Waals surface area contributed by atoms with Gasteiger partial charge in [0.2, 0.25) is 0 Å². The van der Waals surface area contributed by atoms with Crippen LogP contribution in [0.25, 0.3) is 0 Å². The van der Waals surface area contributed by atoms with Crippen molar-refractivity contribution in [1.29, 1.82) is 0 Å². The zero-order valence-electron chi connectivity index (χ0n) is 33.7. The summed E-state index contributed by atoms with van der Waals surface area (Å²) >= 11 is 6.14. The number of amides is 4. The highest BCUT2D eigenvalue weighted by Crippen LogP contribution is 2.38. The number of rotatable bonds is 11. The number of esters is 1. The summed E-state index contributed by atoms with van der Waals surface area (Å²) in [6.07, 6.45) is -3.97. The standard InChI is InChI=1S/C43H51ClF3N7O7/c44-34-26-28(25-33(38(34)48)43(45,46)47)27-36(61-42(59)53-17-13-32(14-18-53)54-19-12-29-5-1-2-6-35(29)49-41(54)58)39(56)52-22-20-50(21-23-52)31-10-8-30(9-11-31)40(57)60-24-4-16-51-15-3-7-37(51)55/h1-2,5-6,8-11,25-26,32,36-37,55H,3-4,7,12-24,27,48H2,(H,49,58)/t36-,37?/m1/s1. The first-order chi connectivity index (χ1) is 29.2. The van der Waals surface area contributed by atoms with E-state index < -0.39 is 47.7 Å². The summed E-state index contributed by atoms with van der Waals surface area (Å²) in [6.45, 7) is 3.96. The Hall–Kier alpha value is -5.26. The molecule has 0 aliphatic carbocycles. The largest absolute Gasteiger partial charge is 0.462 e. The number of urea groups is 1. The number of hydrogen-bond donors (Lipinski definition) is 3. The summed E-state index contributed by atoms with van der Waals surface area (Å²) < 4.78 is 53.1. The van der Waals surface area contributed by atoms with Crippen LogP contribution in [0, 0.1) is 0 Å². The van der Waals surface area contributed by atoms with Gasteiger partial charge in [0.05, 0.1) is 28.4 Å². The van der Waals surface area contributed by atoms with Crippen molar-refractivity contribution in [2.24, 2.45) is 0 Å². The third-order valence-corrected chi connectivity index (χ3v) is 12.3. The molecular weight excluding hydrogens is 819 g/mol. The normalized spacial score (nSPS) is 19.6. The van der Waals surface area contributed by atoms with Gasteiger partial charge in [0.25, 0.3) is 5.91 Å². The summed E-state index contributed by atoms with van der Waals surface area (Å²) in [7, 11) is 0. The Labute approximate surface area is 357 Å². The van der Waals surface area contributed by atoms with Gasteiger partial charge < -0.3 is 45.2 Å². The van der Waals surface area contributed by atoms with E-state index in [4.69, 9.17) is 26.8 Å². The highest BCUT2D eigenvalue weighted by Gasteiger charge is 2.38. The fourth-order valence-electron chi connectivity index (χ4n) is 8.50. The molecule has 0 radical (unpaired) electrons. The highest BCUT2D eigenvalue weighted by molar-refractivity contribution is 6.33. The topological polar surface area (TPSA) is 161 Å². The SMILES string of the molecule is Nc1c(Cl)cc(C[C@@H](OC(=O)N2CCC(N3CCc4ccccc4NC3=O)CC2)C(=O)N2CCN(c3ccc(C(=O)OCCCN4CCCC4O)cc3)CC2)cc1C(F)(F)F. The Kier molecular flexibility index (Phi) is 13.8. The number of nitrogens with zero attached hydrogens (tertiary/aromatic N) is 5. The minimum absolute atomic E-state index is 0.0206. The number of fused-ring (bicyclic) bond motifs is 1. The Morgan fingerprint density at radius 2 is 1.64 bits per heavy atom. The molecule has 3 aromatic rings. The van der Waals surface area contributed by atoms with Gasteiger partial charge in [-0.05, 0) is 92.1 Å². The molecule has 0 aromatic heterocycles. The molecule has 3 aromatic carbocycles. The van der Waals surface area contributed by atoms with Crippen molar-refractivity contribution in [3.05, 3.63) is 87.9 Å². The number of halogens is 4. The lowest BCUT2D eigenvalue weighted by molar-refractivity contribution is -0.141. The third kappa shape index (κ3) is 10.6. The highest BCUT2D eigenvalue weighted by atomic mass is 35.5. The monoisotopic (exact) mass is 869 g/mol. The van der Waals surface area contributed by atoms with E-state index >= 15 is 0 Å². The molecule has 3 saturated heterocycles. The van der Waals surface area contributed by atoms with Gasteiger partial charge >= 0.3 is 24.3 Å². The van der Waals surface area contributed by atoms with Crippen molar-refractivity contribution in [2.45, 2.75) is 69.5 Å². The average Bonchev–Trinajstić information content (AvgIpc) is 3.58. The van der Waals surface area contributed by atoms with E-state index in [1.54, 1.807) is 29.2 Å². The summed E-state index contributed by atoms with van der Waals surface area (Å²) in [6, 6.07) is 16.3. The maximum Gasteiger partial charge on any atom is 0.418 e. The Balaban J connectivity index is 0.962. The van der Waals surface area contributed by atoms with Gasteiger partial charge in [0.1, 0.15) is 6.23 Å². The molecule has 3 fully saturated rings. The third-order valence-electron chi connectivity index (χ3n) is 12.0. The smallest absolute Gasteiger partial charge is 0.418 e. The quantitative estimate of drug-likeness (QED) is 0.121. The Bertz CT molecular complexity index is 2060. The van der Waals surface area contributed by atoms with Crippen LogP contribution in [0.4, 0.5) is 39.8 Å². The van der Waals surface area contributed by atoms with Crippen molar-refractivity contribution in [2.75, 3.05) is 81.5 Å². The van der Waals surface area contributed by atoms with Crippen molar-refractivity contribution in [3.63, 3.8) is 0 Å². The number of hydrogen-bond acceptors (Lipinski definition) is 10. The second kappa shape index (κ2) is 19.2. The van der Waals surface area contributed by atoms with Crippen LogP contribution in [0.15, 0.2) is 60.7 Å². The minimum atomic E-state index is -4.81. The number of aliphatic hydroxyl groups is 1. The number of alkyl halides is 3. The summed E-state index contributed by atoms with van der Waals surface area (Å²) in [4.78, 5) is 62.4. The van der Waals surface area contributed by atoms with Gasteiger partial charge in [-0.15, -0.1) is 0 Å². The molecule has 2 atom stereocenters. The second-order valence-corrected chi connectivity index (χ2v) is 16.3. The van der Waals surface area contributed by atoms with Crippen LogP contribution in [-0.4, -0.2) is 133 Å². The molecule has 4 N–H and O–H groups in total. The van der Waals surface area contributed by atoms with Crippen LogP contribution >= 0.6 is 11.6 Å². The Morgan fingerprint density at radius 3 is 2.33 bits per heavy atom. The number of carbonyl (C=O) groups excluding carboxylic acids is 4. The lowest BCUT2D eigenvalue weighted by Crippen LogP contribution is -2.54. The number of nitrogen functional groups attached to an aromatic ring is 1. The molecule has 4 aliphatic rings. The first-order valence-electron chi connectivity index (χ1n) is 20.7. The molecule has 18 heteroatoms. The number of likely N-dealkylation sites (tertiary alicyclic amines) is 2. The van der Waals surface area contributed by atoms with Crippen molar-refractivity contribution < 1.29 is 46.9 Å². The lowest BCUT2D eigenvalue weighted by atomic mass is 10.0. The van der Waals surface area contributed by atoms with Crippen LogP contribution in [-0.2, 0) is 33.3 Å². The number of aliphatic hydroxyl groups excluding tert-OH is 1. The number of nitrogens with two attached hydrogens (primary N) is 1. The maximum atomic E-state index is 14.2. The summed E-state index contributed by atoms with van der Waals surface area (Å²) in [5.41, 5.74) is 6.92. The predicted octanol–water partition coefficient (Wildman–Crippen LogP) is 5.85. The molecule has 4 heterocycles. The lowest BCUT2D eigenvalue weighted by Gasteiger charge is -2.39.